The zero-order valence-electron chi connectivity index (χ0n) is 13.4. The minimum Gasteiger partial charge on any atom is -0.443 e. The van der Waals surface area contributed by atoms with Crippen molar-refractivity contribution < 1.29 is 13.2 Å². The number of halogens is 2. The highest BCUT2D eigenvalue weighted by atomic mass is 19.1. The lowest BCUT2D eigenvalue weighted by atomic mass is 10.2. The highest BCUT2D eigenvalue weighted by molar-refractivity contribution is 6.08. The summed E-state index contributed by atoms with van der Waals surface area (Å²) in [6.07, 6.45) is 5.12. The molecule has 3 rings (SSSR count). The van der Waals surface area contributed by atoms with Crippen LogP contribution in [0.5, 0.6) is 0 Å². The average molecular weight is 356 g/mol. The van der Waals surface area contributed by atoms with Crippen molar-refractivity contribution in [3.63, 3.8) is 0 Å². The van der Waals surface area contributed by atoms with Crippen LogP contribution in [0, 0.1) is 11.6 Å². The van der Waals surface area contributed by atoms with Crippen molar-refractivity contribution in [1.29, 1.82) is 0 Å². The van der Waals surface area contributed by atoms with Gasteiger partial charge < -0.3 is 15.9 Å². The van der Waals surface area contributed by atoms with E-state index in [0.717, 1.165) is 6.20 Å². The number of anilines is 1. The van der Waals surface area contributed by atoms with Crippen LogP contribution in [0.15, 0.2) is 58.4 Å². The highest BCUT2D eigenvalue weighted by Crippen LogP contribution is 2.13. The summed E-state index contributed by atoms with van der Waals surface area (Å²) < 4.78 is 32.2. The van der Waals surface area contributed by atoms with E-state index in [1.807, 2.05) is 0 Å². The second kappa shape index (κ2) is 7.51. The molecule has 0 atom stereocenters. The number of allylic oxidation sites excluding steroid dienone is 1. The Morgan fingerprint density at radius 1 is 1.19 bits per heavy atom. The first kappa shape index (κ1) is 17.2. The monoisotopic (exact) mass is 356 g/mol. The molecule has 26 heavy (non-hydrogen) atoms. The summed E-state index contributed by atoms with van der Waals surface area (Å²) in [6, 6.07) is 6.25. The molecule has 0 aliphatic heterocycles. The summed E-state index contributed by atoms with van der Waals surface area (Å²) in [6.45, 7) is 0.0422. The number of aromatic nitrogens is 3. The van der Waals surface area contributed by atoms with Crippen LogP contribution in [-0.2, 0) is 6.54 Å². The Kier molecular flexibility index (Phi) is 4.97. The van der Waals surface area contributed by atoms with Gasteiger partial charge in [0.25, 0.3) is 0 Å². The van der Waals surface area contributed by atoms with E-state index in [0.29, 0.717) is 5.56 Å². The molecule has 4 N–H and O–H groups in total. The van der Waals surface area contributed by atoms with Gasteiger partial charge in [-0.05, 0) is 12.1 Å². The molecule has 7 nitrogen and oxygen atoms in total. The number of nitrogen functional groups attached to an aromatic ring is 1. The third-order valence-corrected chi connectivity index (χ3v) is 3.35. The Bertz CT molecular complexity index is 969. The fraction of sp³-hybridized carbons (Fsp3) is 0.0588. The van der Waals surface area contributed by atoms with Crippen LogP contribution in [0.25, 0.3) is 5.70 Å². The molecular weight excluding hydrogens is 342 g/mol. The third-order valence-electron chi connectivity index (χ3n) is 3.35. The van der Waals surface area contributed by atoms with Crippen LogP contribution in [-0.4, -0.2) is 20.7 Å². The van der Waals surface area contributed by atoms with E-state index in [9.17, 15) is 8.78 Å². The van der Waals surface area contributed by atoms with Gasteiger partial charge in [-0.1, -0.05) is 18.2 Å². The van der Waals surface area contributed by atoms with Crippen molar-refractivity contribution in [2.45, 2.75) is 6.54 Å². The molecule has 0 unspecified atom stereocenters. The van der Waals surface area contributed by atoms with Crippen LogP contribution >= 0.6 is 0 Å². The Labute approximate surface area is 147 Å². The number of oxazole rings is 1. The van der Waals surface area contributed by atoms with E-state index < -0.39 is 5.82 Å². The molecule has 2 heterocycles. The van der Waals surface area contributed by atoms with Crippen LogP contribution in [0.2, 0.25) is 0 Å². The Hall–Kier alpha value is -3.62. The predicted octanol–water partition coefficient (Wildman–Crippen LogP) is 2.31. The number of hydrogen-bond acceptors (Lipinski definition) is 7. The first-order valence-electron chi connectivity index (χ1n) is 7.48. The summed E-state index contributed by atoms with van der Waals surface area (Å²) in [5.41, 5.74) is 12.1. The molecule has 3 aromatic rings. The second-order valence-electron chi connectivity index (χ2n) is 5.16. The van der Waals surface area contributed by atoms with Crippen molar-refractivity contribution in [3.05, 3.63) is 77.9 Å². The van der Waals surface area contributed by atoms with Crippen molar-refractivity contribution >= 4 is 17.2 Å². The first-order chi connectivity index (χ1) is 12.5. The Balaban J connectivity index is 1.95. The van der Waals surface area contributed by atoms with Gasteiger partial charge in [0.05, 0.1) is 24.6 Å². The van der Waals surface area contributed by atoms with Gasteiger partial charge in [0.2, 0.25) is 5.89 Å². The number of hydrogen-bond donors (Lipinski definition) is 2. The molecular formula is C17H14F2N6O. The van der Waals surface area contributed by atoms with Gasteiger partial charge in [0.15, 0.2) is 17.5 Å². The topological polar surface area (TPSA) is 116 Å². The number of nitrogens with two attached hydrogens (primary N) is 2. The molecule has 0 saturated carbocycles. The molecule has 0 bridgehead atoms. The van der Waals surface area contributed by atoms with Crippen molar-refractivity contribution in [3.8, 4) is 0 Å². The maximum Gasteiger partial charge on any atom is 0.244 e. The van der Waals surface area contributed by atoms with Crippen molar-refractivity contribution in [1.82, 2.24) is 15.0 Å². The first-order valence-corrected chi connectivity index (χ1v) is 7.48. The maximum absolute atomic E-state index is 13.8. The second-order valence-corrected chi connectivity index (χ2v) is 5.16. The average Bonchev–Trinajstić information content (AvgIpc) is 3.16. The minimum atomic E-state index is -0.748. The smallest absolute Gasteiger partial charge is 0.244 e. The van der Waals surface area contributed by atoms with E-state index in [-0.39, 0.29) is 41.3 Å². The number of benzene rings is 1. The molecule has 0 fully saturated rings. The maximum atomic E-state index is 13.8. The van der Waals surface area contributed by atoms with Gasteiger partial charge in [0, 0.05) is 5.56 Å². The highest BCUT2D eigenvalue weighted by Gasteiger charge is 2.11. The van der Waals surface area contributed by atoms with Crippen molar-refractivity contribution in [2.75, 3.05) is 5.73 Å². The molecule has 9 heteroatoms. The molecule has 132 valence electrons. The number of rotatable bonds is 5. The predicted molar refractivity (Wildman–Crippen MR) is 91.7 cm³/mol. The van der Waals surface area contributed by atoms with E-state index in [1.165, 1.54) is 24.6 Å². The van der Waals surface area contributed by atoms with Crippen molar-refractivity contribution in [2.24, 2.45) is 10.7 Å². The zero-order chi connectivity index (χ0) is 18.5. The van der Waals surface area contributed by atoms with Crippen LogP contribution in [0.4, 0.5) is 14.6 Å². The molecule has 2 aromatic heterocycles. The molecule has 0 saturated heterocycles. The lowest BCUT2D eigenvalue weighted by Crippen LogP contribution is -2.09. The fourth-order valence-electron chi connectivity index (χ4n) is 2.05. The standard InChI is InChI=1S/C17H14F2N6O/c18-11-4-2-1-3-10(11)8-23-14(17-22-5-6-26-17)7-13(20)16-24-9-12(19)15(21)25-16/h1-7,9H,8,20H2,(H2,21,24,25). The van der Waals surface area contributed by atoms with Gasteiger partial charge in [-0.15, -0.1) is 0 Å². The minimum absolute atomic E-state index is 0.0223. The Morgan fingerprint density at radius 3 is 2.69 bits per heavy atom. The Morgan fingerprint density at radius 2 is 2.00 bits per heavy atom. The summed E-state index contributed by atoms with van der Waals surface area (Å²) >= 11 is 0. The normalized spacial score (nSPS) is 12.4. The van der Waals surface area contributed by atoms with E-state index in [2.05, 4.69) is 19.9 Å². The third kappa shape index (κ3) is 3.89. The number of aliphatic imine (C=N–C) groups is 1. The fourth-order valence-corrected chi connectivity index (χ4v) is 2.05. The van der Waals surface area contributed by atoms with E-state index in [1.54, 1.807) is 18.2 Å². The van der Waals surface area contributed by atoms with Gasteiger partial charge >= 0.3 is 0 Å². The van der Waals surface area contributed by atoms with Crippen LogP contribution in [0.3, 0.4) is 0 Å². The zero-order valence-corrected chi connectivity index (χ0v) is 13.4. The number of nitrogens with zero attached hydrogens (tertiary/aromatic N) is 4. The van der Waals surface area contributed by atoms with Crippen LogP contribution in [0.1, 0.15) is 17.3 Å². The van der Waals surface area contributed by atoms with Gasteiger partial charge in [0.1, 0.15) is 17.8 Å². The quantitative estimate of drug-likeness (QED) is 0.678. The summed E-state index contributed by atoms with van der Waals surface area (Å²) in [7, 11) is 0. The SMILES string of the molecule is NC(=CC(=NCc1ccccc1F)c1ncco1)c1ncc(F)c(N)n1. The van der Waals surface area contributed by atoms with Gasteiger partial charge in [-0.3, -0.25) is 4.99 Å². The van der Waals surface area contributed by atoms with Gasteiger partial charge in [-0.2, -0.15) is 0 Å². The molecule has 0 aliphatic rings. The van der Waals surface area contributed by atoms with Gasteiger partial charge in [-0.25, -0.2) is 23.7 Å². The molecule has 1 aromatic carbocycles. The summed E-state index contributed by atoms with van der Waals surface area (Å²) in [4.78, 5) is 15.9. The molecule has 0 amide bonds. The lowest BCUT2D eigenvalue weighted by Gasteiger charge is -2.04. The summed E-state index contributed by atoms with van der Waals surface area (Å²) in [5.74, 6) is -1.25. The lowest BCUT2D eigenvalue weighted by molar-refractivity contribution is 0.547. The van der Waals surface area contributed by atoms with Crippen LogP contribution < -0.4 is 11.5 Å². The molecule has 0 aliphatic carbocycles. The molecule has 0 radical (unpaired) electrons. The largest absolute Gasteiger partial charge is 0.443 e. The molecule has 0 spiro atoms. The summed E-state index contributed by atoms with van der Waals surface area (Å²) in [5, 5.41) is 0. The van der Waals surface area contributed by atoms with E-state index in [4.69, 9.17) is 15.9 Å². The van der Waals surface area contributed by atoms with E-state index >= 15 is 0 Å².